The number of ether oxygens (including phenoxy) is 2. The van der Waals surface area contributed by atoms with Crippen LogP contribution in [0.3, 0.4) is 0 Å². The molecule has 180 valence electrons. The smallest absolute Gasteiger partial charge is 0.308 e. The first kappa shape index (κ1) is 23.8. The van der Waals surface area contributed by atoms with Gasteiger partial charge in [0, 0.05) is 17.3 Å². The Kier molecular flexibility index (Phi) is 6.34. The second kappa shape index (κ2) is 9.60. The predicted octanol–water partition coefficient (Wildman–Crippen LogP) is 6.04. The van der Waals surface area contributed by atoms with Crippen LogP contribution in [0.2, 0.25) is 5.02 Å². The number of hydrogen-bond donors (Lipinski definition) is 0. The molecule has 0 unspecified atom stereocenters. The fourth-order valence-corrected chi connectivity index (χ4v) is 4.42. The number of nitrogens with zero attached hydrogens (tertiary/aromatic N) is 3. The molecular weight excluding hydrogens is 550 g/mol. The van der Waals surface area contributed by atoms with E-state index in [1.807, 2.05) is 0 Å². The number of carbonyl (C=O) groups is 1. The lowest BCUT2D eigenvalue weighted by molar-refractivity contribution is -0.132. The Labute approximate surface area is 217 Å². The van der Waals surface area contributed by atoms with E-state index in [0.29, 0.717) is 43.1 Å². The number of para-hydroxylation sites is 1. The van der Waals surface area contributed by atoms with E-state index in [-0.39, 0.29) is 17.1 Å². The van der Waals surface area contributed by atoms with Crippen LogP contribution in [-0.4, -0.2) is 29.0 Å². The van der Waals surface area contributed by atoms with Gasteiger partial charge in [0.1, 0.15) is 5.58 Å². The van der Waals surface area contributed by atoms with Crippen molar-refractivity contribution in [2.45, 2.75) is 6.92 Å². The molecular formula is C26H17BrClN3O5. The molecule has 0 aliphatic heterocycles. The van der Waals surface area contributed by atoms with Crippen LogP contribution in [0.1, 0.15) is 12.5 Å². The topological polar surface area (TPSA) is 95.9 Å². The number of furan rings is 1. The van der Waals surface area contributed by atoms with Gasteiger partial charge in [-0.1, -0.05) is 23.7 Å². The van der Waals surface area contributed by atoms with Gasteiger partial charge >= 0.3 is 5.97 Å². The highest BCUT2D eigenvalue weighted by atomic mass is 79.9. The molecule has 36 heavy (non-hydrogen) atoms. The van der Waals surface area contributed by atoms with Crippen molar-refractivity contribution in [3.63, 3.8) is 0 Å². The van der Waals surface area contributed by atoms with Gasteiger partial charge in [0.25, 0.3) is 5.56 Å². The first-order valence-electron chi connectivity index (χ1n) is 10.7. The average Bonchev–Trinajstić information content (AvgIpc) is 3.27. The van der Waals surface area contributed by atoms with E-state index in [9.17, 15) is 9.59 Å². The fourth-order valence-electron chi connectivity index (χ4n) is 3.70. The quantitative estimate of drug-likeness (QED) is 0.146. The van der Waals surface area contributed by atoms with Gasteiger partial charge in [-0.2, -0.15) is 9.78 Å². The molecule has 0 fully saturated rings. The highest BCUT2D eigenvalue weighted by Gasteiger charge is 2.17. The van der Waals surface area contributed by atoms with Crippen molar-refractivity contribution >= 4 is 61.6 Å². The lowest BCUT2D eigenvalue weighted by Gasteiger charge is -2.11. The maximum atomic E-state index is 13.4. The maximum absolute atomic E-state index is 13.4. The summed E-state index contributed by atoms with van der Waals surface area (Å²) >= 11 is 9.52. The SMILES string of the molecule is COc1cc(C=Nn2c(-c3cc4cc(Cl)ccc4o3)nc3ccccc3c2=O)cc(Br)c1OC(C)=O. The van der Waals surface area contributed by atoms with Crippen molar-refractivity contribution in [1.29, 1.82) is 0 Å². The zero-order valence-corrected chi connectivity index (χ0v) is 21.3. The second-order valence-corrected chi connectivity index (χ2v) is 9.03. The molecule has 5 aromatic rings. The van der Waals surface area contributed by atoms with E-state index in [1.165, 1.54) is 24.9 Å². The Morgan fingerprint density at radius 2 is 1.97 bits per heavy atom. The number of carbonyl (C=O) groups excluding carboxylic acids is 1. The molecule has 0 saturated carbocycles. The van der Waals surface area contributed by atoms with Gasteiger partial charge in [0.15, 0.2) is 17.3 Å². The second-order valence-electron chi connectivity index (χ2n) is 7.73. The number of fused-ring (bicyclic) bond motifs is 2. The Morgan fingerprint density at radius 3 is 2.75 bits per heavy atom. The minimum absolute atomic E-state index is 0.227. The molecule has 0 aliphatic carbocycles. The molecule has 0 N–H and O–H groups in total. The minimum atomic E-state index is -0.485. The van der Waals surface area contributed by atoms with Crippen LogP contribution in [0.5, 0.6) is 11.5 Å². The van der Waals surface area contributed by atoms with E-state index >= 15 is 0 Å². The molecule has 0 saturated heterocycles. The van der Waals surface area contributed by atoms with Crippen molar-refractivity contribution in [2.24, 2.45) is 5.10 Å². The fraction of sp³-hybridized carbons (Fsp3) is 0.0769. The summed E-state index contributed by atoms with van der Waals surface area (Å²) in [7, 11) is 1.46. The van der Waals surface area contributed by atoms with Gasteiger partial charge in [-0.3, -0.25) is 9.59 Å². The first-order chi connectivity index (χ1) is 17.3. The molecule has 0 spiro atoms. The number of methoxy groups -OCH3 is 1. The van der Waals surface area contributed by atoms with Crippen LogP contribution in [0, 0.1) is 0 Å². The molecule has 3 aromatic carbocycles. The Balaban J connectivity index is 1.67. The molecule has 0 bridgehead atoms. The Hall–Kier alpha value is -3.95. The zero-order chi connectivity index (χ0) is 25.4. The van der Waals surface area contributed by atoms with Crippen molar-refractivity contribution < 1.29 is 18.7 Å². The lowest BCUT2D eigenvalue weighted by Crippen LogP contribution is -2.20. The van der Waals surface area contributed by atoms with Crippen LogP contribution in [0.4, 0.5) is 0 Å². The van der Waals surface area contributed by atoms with E-state index in [1.54, 1.807) is 60.7 Å². The van der Waals surface area contributed by atoms with Crippen LogP contribution < -0.4 is 15.0 Å². The van der Waals surface area contributed by atoms with Gasteiger partial charge in [0.2, 0.25) is 5.82 Å². The summed E-state index contributed by atoms with van der Waals surface area (Å²) in [6, 6.07) is 17.3. The number of esters is 1. The van der Waals surface area contributed by atoms with Crippen molar-refractivity contribution in [1.82, 2.24) is 9.66 Å². The summed E-state index contributed by atoms with van der Waals surface area (Å²) in [5, 5.41) is 6.18. The third-order valence-corrected chi connectivity index (χ3v) is 6.10. The summed E-state index contributed by atoms with van der Waals surface area (Å²) < 4.78 is 18.2. The molecule has 2 heterocycles. The van der Waals surface area contributed by atoms with Gasteiger partial charge in [-0.05, 0) is 70.0 Å². The molecule has 0 amide bonds. The molecule has 10 heteroatoms. The molecule has 2 aromatic heterocycles. The number of benzene rings is 3. The molecule has 0 atom stereocenters. The number of aromatic nitrogens is 2. The zero-order valence-electron chi connectivity index (χ0n) is 19.0. The summed E-state index contributed by atoms with van der Waals surface area (Å²) in [5.41, 5.74) is 1.32. The number of halogens is 2. The number of hydrogen-bond acceptors (Lipinski definition) is 7. The Bertz CT molecular complexity index is 1740. The maximum Gasteiger partial charge on any atom is 0.308 e. The lowest BCUT2D eigenvalue weighted by atomic mass is 10.2. The molecule has 5 rings (SSSR count). The van der Waals surface area contributed by atoms with Gasteiger partial charge in [-0.15, -0.1) is 0 Å². The van der Waals surface area contributed by atoms with Crippen LogP contribution in [0.15, 0.2) is 79.4 Å². The standard InChI is InChI=1S/C26H17BrClN3O5/c1-14(32)35-24-19(27)9-15(10-22(24)34-2)13-29-31-25(30-20-6-4-3-5-18(20)26(31)33)23-12-16-11-17(28)7-8-21(16)36-23/h3-13H,1-2H3. The normalized spacial score (nSPS) is 11.4. The minimum Gasteiger partial charge on any atom is -0.493 e. The third-order valence-electron chi connectivity index (χ3n) is 5.27. The largest absolute Gasteiger partial charge is 0.493 e. The first-order valence-corrected chi connectivity index (χ1v) is 11.8. The monoisotopic (exact) mass is 565 g/mol. The van der Waals surface area contributed by atoms with Crippen LogP contribution in [-0.2, 0) is 4.79 Å². The number of rotatable bonds is 5. The molecule has 0 radical (unpaired) electrons. The van der Waals surface area contributed by atoms with Gasteiger partial charge in [0.05, 0.1) is 28.7 Å². The predicted molar refractivity (Wildman–Crippen MR) is 141 cm³/mol. The summed E-state index contributed by atoms with van der Waals surface area (Å²) in [4.78, 5) is 29.5. The van der Waals surface area contributed by atoms with Gasteiger partial charge < -0.3 is 13.9 Å². The summed E-state index contributed by atoms with van der Waals surface area (Å²) in [6.45, 7) is 1.30. The average molecular weight is 567 g/mol. The summed E-state index contributed by atoms with van der Waals surface area (Å²) in [5.74, 6) is 0.662. The highest BCUT2D eigenvalue weighted by molar-refractivity contribution is 9.10. The molecule has 8 nitrogen and oxygen atoms in total. The Morgan fingerprint density at radius 1 is 1.17 bits per heavy atom. The highest BCUT2D eigenvalue weighted by Crippen LogP contribution is 2.36. The van der Waals surface area contributed by atoms with E-state index in [2.05, 4.69) is 26.0 Å². The van der Waals surface area contributed by atoms with Gasteiger partial charge in [-0.25, -0.2) is 4.98 Å². The third kappa shape index (κ3) is 4.50. The molecule has 0 aliphatic rings. The van der Waals surface area contributed by atoms with Crippen molar-refractivity contribution in [3.8, 4) is 23.1 Å². The van der Waals surface area contributed by atoms with E-state index in [4.69, 9.17) is 25.5 Å². The van der Waals surface area contributed by atoms with E-state index < -0.39 is 5.97 Å². The van der Waals surface area contributed by atoms with Crippen LogP contribution in [0.25, 0.3) is 33.5 Å². The van der Waals surface area contributed by atoms with E-state index in [0.717, 1.165) is 5.39 Å². The van der Waals surface area contributed by atoms with Crippen molar-refractivity contribution in [2.75, 3.05) is 7.11 Å². The summed E-state index contributed by atoms with van der Waals surface area (Å²) in [6.07, 6.45) is 1.48. The van der Waals surface area contributed by atoms with Crippen molar-refractivity contribution in [3.05, 3.63) is 86.1 Å². The van der Waals surface area contributed by atoms with Crippen LogP contribution >= 0.6 is 27.5 Å².